The summed E-state index contributed by atoms with van der Waals surface area (Å²) >= 11 is 4.19. The highest BCUT2D eigenvalue weighted by molar-refractivity contribution is 7.83. The summed E-state index contributed by atoms with van der Waals surface area (Å²) in [5.41, 5.74) is 8.68. The van der Waals surface area contributed by atoms with Crippen molar-refractivity contribution in [1.29, 1.82) is 0 Å². The predicted octanol–water partition coefficient (Wildman–Crippen LogP) is 3.45. The number of hydrogen-bond acceptors (Lipinski definition) is 3. The molecule has 2 rings (SSSR count). The maximum Gasteiger partial charge on any atom is 0.138 e. The molecule has 3 N–H and O–H groups in total. The Hall–Kier alpha value is -1.09. The van der Waals surface area contributed by atoms with Crippen molar-refractivity contribution in [2.45, 2.75) is 31.6 Å². The Kier molecular flexibility index (Phi) is 3.44. The van der Waals surface area contributed by atoms with Crippen LogP contribution in [0.25, 0.3) is 0 Å². The van der Waals surface area contributed by atoms with Gasteiger partial charge in [-0.05, 0) is 54.7 Å². The second-order valence-corrected chi connectivity index (χ2v) is 4.64. The first-order chi connectivity index (χ1) is 7.70. The molecule has 1 aromatic carbocycles. The van der Waals surface area contributed by atoms with E-state index in [4.69, 9.17) is 5.73 Å². The van der Waals surface area contributed by atoms with E-state index in [1.54, 1.807) is 12.1 Å². The van der Waals surface area contributed by atoms with Crippen LogP contribution in [0.3, 0.4) is 0 Å². The van der Waals surface area contributed by atoms with E-state index in [1.165, 1.54) is 11.1 Å². The van der Waals surface area contributed by atoms with Crippen LogP contribution in [0.5, 0.6) is 5.75 Å². The minimum Gasteiger partial charge on any atom is -0.506 e. The molecule has 1 fully saturated rings. The molecule has 0 heterocycles. The highest BCUT2D eigenvalue weighted by Crippen LogP contribution is 2.37. The van der Waals surface area contributed by atoms with E-state index in [1.807, 2.05) is 11.5 Å². The predicted molar refractivity (Wildman–Crippen MR) is 70.8 cm³/mol. The van der Waals surface area contributed by atoms with Crippen LogP contribution in [0.2, 0.25) is 0 Å². The van der Waals surface area contributed by atoms with Crippen LogP contribution < -0.4 is 5.73 Å². The van der Waals surface area contributed by atoms with Gasteiger partial charge in [0.2, 0.25) is 0 Å². The first-order valence-electron chi connectivity index (χ1n) is 5.61. The van der Waals surface area contributed by atoms with Gasteiger partial charge in [-0.2, -0.15) is 12.6 Å². The lowest BCUT2D eigenvalue weighted by atomic mass is 9.82. The van der Waals surface area contributed by atoms with E-state index in [-0.39, 0.29) is 5.75 Å². The van der Waals surface area contributed by atoms with Crippen molar-refractivity contribution in [3.63, 3.8) is 0 Å². The zero-order chi connectivity index (χ0) is 11.5. The topological polar surface area (TPSA) is 46.2 Å². The number of phenolic OH excluding ortho intramolecular Hbond substituents is 1. The molecule has 0 aromatic heterocycles. The largest absolute Gasteiger partial charge is 0.506 e. The zero-order valence-electron chi connectivity index (χ0n) is 9.19. The van der Waals surface area contributed by atoms with Gasteiger partial charge in [-0.1, -0.05) is 11.6 Å². The number of nitrogens with two attached hydrogens (primary N) is 1. The van der Waals surface area contributed by atoms with E-state index in [9.17, 15) is 5.11 Å². The van der Waals surface area contributed by atoms with Gasteiger partial charge >= 0.3 is 0 Å². The van der Waals surface area contributed by atoms with E-state index < -0.39 is 0 Å². The van der Waals surface area contributed by atoms with E-state index in [0.717, 1.165) is 25.7 Å². The number of aromatic hydroxyl groups is 1. The molecule has 2 nitrogen and oxygen atoms in total. The van der Waals surface area contributed by atoms with Crippen LogP contribution in [0.15, 0.2) is 29.2 Å². The number of hydrogen-bond donors (Lipinski definition) is 3. The first kappa shape index (κ1) is 11.4. The lowest BCUT2D eigenvalue weighted by Gasteiger charge is -2.24. The molecule has 1 aromatic rings. The van der Waals surface area contributed by atoms with E-state index in [0.29, 0.717) is 11.6 Å². The molecular formula is C13H17NOS. The van der Waals surface area contributed by atoms with Gasteiger partial charge in [0.25, 0.3) is 0 Å². The summed E-state index contributed by atoms with van der Waals surface area (Å²) in [7, 11) is 0. The summed E-state index contributed by atoms with van der Waals surface area (Å²) in [6.07, 6.45) is 4.49. The highest BCUT2D eigenvalue weighted by atomic mass is 32.1. The van der Waals surface area contributed by atoms with Crippen LogP contribution in [0.4, 0.5) is 5.69 Å². The molecule has 0 amide bonds. The van der Waals surface area contributed by atoms with Crippen molar-refractivity contribution in [3.05, 3.63) is 34.7 Å². The number of anilines is 1. The number of allylic oxidation sites excluding steroid dienone is 1. The fraction of sp³-hybridized carbons (Fsp3) is 0.385. The van der Waals surface area contributed by atoms with E-state index in [2.05, 4.69) is 12.6 Å². The van der Waals surface area contributed by atoms with Gasteiger partial charge in [0, 0.05) is 0 Å². The average Bonchev–Trinajstić information content (AvgIpc) is 2.33. The monoisotopic (exact) mass is 235 g/mol. The van der Waals surface area contributed by atoms with Crippen molar-refractivity contribution in [3.8, 4) is 5.75 Å². The molecule has 0 bridgehead atoms. The van der Waals surface area contributed by atoms with Crippen molar-refractivity contribution in [2.75, 3.05) is 5.73 Å². The Balaban J connectivity index is 2.11. The molecule has 0 aliphatic heterocycles. The van der Waals surface area contributed by atoms with Crippen molar-refractivity contribution in [1.82, 2.24) is 0 Å². The quantitative estimate of drug-likeness (QED) is 0.396. The summed E-state index contributed by atoms with van der Waals surface area (Å²) in [5, 5.41) is 11.5. The number of phenols is 1. The van der Waals surface area contributed by atoms with Gasteiger partial charge in [0.1, 0.15) is 5.75 Å². The van der Waals surface area contributed by atoms with Crippen LogP contribution in [-0.2, 0) is 0 Å². The van der Waals surface area contributed by atoms with Crippen LogP contribution in [0, 0.1) is 0 Å². The van der Waals surface area contributed by atoms with Gasteiger partial charge in [0.15, 0.2) is 0 Å². The summed E-state index contributed by atoms with van der Waals surface area (Å²) in [4.78, 5) is 0. The lowest BCUT2D eigenvalue weighted by molar-refractivity contribution is 0.472. The van der Waals surface area contributed by atoms with Crippen molar-refractivity contribution in [2.24, 2.45) is 0 Å². The molecule has 0 atom stereocenters. The smallest absolute Gasteiger partial charge is 0.138 e. The molecule has 0 saturated heterocycles. The normalized spacial score (nSPS) is 20.8. The SMILES string of the molecule is Nc1ccc(C2CCC(=CS)CC2)cc1O. The maximum atomic E-state index is 9.58. The molecule has 0 radical (unpaired) electrons. The average molecular weight is 235 g/mol. The summed E-state index contributed by atoms with van der Waals surface area (Å²) < 4.78 is 0. The van der Waals surface area contributed by atoms with Gasteiger partial charge < -0.3 is 10.8 Å². The number of thiol groups is 1. The minimum atomic E-state index is 0.202. The fourth-order valence-corrected chi connectivity index (χ4v) is 2.52. The number of benzene rings is 1. The molecule has 3 heteroatoms. The highest BCUT2D eigenvalue weighted by Gasteiger charge is 2.18. The molecule has 1 saturated carbocycles. The van der Waals surface area contributed by atoms with Crippen LogP contribution >= 0.6 is 12.6 Å². The molecule has 0 spiro atoms. The Morgan fingerprint density at radius 1 is 1.31 bits per heavy atom. The Labute approximate surface area is 102 Å². The molecule has 0 unspecified atom stereocenters. The standard InChI is InChI=1S/C13H17NOS/c14-12-6-5-11(7-13(12)15)10-3-1-9(8-16)2-4-10/h5-8,10,15-16H,1-4,14H2. The minimum absolute atomic E-state index is 0.202. The van der Waals surface area contributed by atoms with Gasteiger partial charge in [-0.3, -0.25) is 0 Å². The third-order valence-electron chi connectivity index (χ3n) is 3.34. The molecular weight excluding hydrogens is 218 g/mol. The summed E-state index contributed by atoms with van der Waals surface area (Å²) in [6.45, 7) is 0. The Morgan fingerprint density at radius 3 is 2.56 bits per heavy atom. The van der Waals surface area contributed by atoms with Crippen molar-refractivity contribution < 1.29 is 5.11 Å². The maximum absolute atomic E-state index is 9.58. The molecule has 1 aliphatic rings. The summed E-state index contributed by atoms with van der Waals surface area (Å²) in [5.74, 6) is 0.747. The van der Waals surface area contributed by atoms with Crippen molar-refractivity contribution >= 4 is 18.3 Å². The second kappa shape index (κ2) is 4.83. The third kappa shape index (κ3) is 2.35. The van der Waals surface area contributed by atoms with Gasteiger partial charge in [-0.25, -0.2) is 0 Å². The van der Waals surface area contributed by atoms with Gasteiger partial charge in [-0.15, -0.1) is 0 Å². The first-order valence-corrected chi connectivity index (χ1v) is 6.13. The number of rotatable bonds is 1. The zero-order valence-corrected chi connectivity index (χ0v) is 10.1. The Bertz CT molecular complexity index is 404. The second-order valence-electron chi connectivity index (χ2n) is 4.38. The van der Waals surface area contributed by atoms with E-state index >= 15 is 0 Å². The Morgan fingerprint density at radius 2 is 2.00 bits per heavy atom. The number of nitrogen functional groups attached to an aromatic ring is 1. The fourth-order valence-electron chi connectivity index (χ4n) is 2.27. The summed E-state index contributed by atoms with van der Waals surface area (Å²) in [6, 6.07) is 5.61. The molecule has 1 aliphatic carbocycles. The van der Waals surface area contributed by atoms with Crippen LogP contribution in [0.1, 0.15) is 37.2 Å². The molecule has 86 valence electrons. The molecule has 16 heavy (non-hydrogen) atoms. The van der Waals surface area contributed by atoms with Gasteiger partial charge in [0.05, 0.1) is 5.69 Å². The third-order valence-corrected chi connectivity index (χ3v) is 3.70. The van der Waals surface area contributed by atoms with Crippen LogP contribution in [-0.4, -0.2) is 5.11 Å². The lowest BCUT2D eigenvalue weighted by Crippen LogP contribution is -2.06.